The lowest BCUT2D eigenvalue weighted by Gasteiger charge is -2.14. The first-order chi connectivity index (χ1) is 12.6. The molecular formula is C21H27NO4. The third-order valence-electron chi connectivity index (χ3n) is 4.46. The Balaban J connectivity index is 1.57. The monoisotopic (exact) mass is 357 g/mol. The number of allylic oxidation sites excluding steroid dienone is 3. The van der Waals surface area contributed by atoms with Crippen molar-refractivity contribution in [1.29, 1.82) is 0 Å². The molecule has 5 nitrogen and oxygen atoms in total. The summed E-state index contributed by atoms with van der Waals surface area (Å²) >= 11 is 0. The van der Waals surface area contributed by atoms with E-state index in [1.54, 1.807) is 12.1 Å². The van der Waals surface area contributed by atoms with Gasteiger partial charge in [0.25, 0.3) is 0 Å². The number of aryl methyl sites for hydroxylation is 1. The first kappa shape index (κ1) is 19.8. The van der Waals surface area contributed by atoms with E-state index in [-0.39, 0.29) is 18.1 Å². The molecule has 1 aliphatic rings. The van der Waals surface area contributed by atoms with Crippen molar-refractivity contribution < 1.29 is 19.4 Å². The molecule has 1 aromatic rings. The van der Waals surface area contributed by atoms with Gasteiger partial charge in [-0.3, -0.25) is 10.1 Å². The first-order valence-corrected chi connectivity index (χ1v) is 9.19. The number of ketones is 1. The van der Waals surface area contributed by atoms with E-state index in [1.807, 2.05) is 24.3 Å². The lowest BCUT2D eigenvalue weighted by Crippen LogP contribution is -2.24. The highest BCUT2D eigenvalue weighted by Crippen LogP contribution is 2.18. The predicted molar refractivity (Wildman–Crippen MR) is 101 cm³/mol. The number of rotatable bonds is 9. The zero-order chi connectivity index (χ0) is 18.8. The fourth-order valence-electron chi connectivity index (χ4n) is 2.77. The summed E-state index contributed by atoms with van der Waals surface area (Å²) in [5.74, 6) is 0.859. The number of carbonyl (C=O) groups is 2. The van der Waals surface area contributed by atoms with Crippen molar-refractivity contribution in [2.75, 3.05) is 6.61 Å². The summed E-state index contributed by atoms with van der Waals surface area (Å²) in [5.41, 5.74) is 1.54. The van der Waals surface area contributed by atoms with E-state index >= 15 is 0 Å². The molecule has 5 heteroatoms. The second kappa shape index (κ2) is 10.4. The second-order valence-corrected chi connectivity index (χ2v) is 6.45. The van der Waals surface area contributed by atoms with Crippen molar-refractivity contribution in [3.8, 4) is 5.75 Å². The Morgan fingerprint density at radius 1 is 1.27 bits per heavy atom. The molecule has 0 aromatic heterocycles. The van der Waals surface area contributed by atoms with E-state index in [9.17, 15) is 14.7 Å². The third kappa shape index (κ3) is 6.75. The van der Waals surface area contributed by atoms with E-state index in [4.69, 9.17) is 4.74 Å². The molecule has 1 atom stereocenters. The SMILES string of the molecule is CCC1C=CC(NC(=O)OCCCC(=O)CCc2ccccc2O)=CC1. The highest BCUT2D eigenvalue weighted by molar-refractivity contribution is 5.78. The number of ether oxygens (including phenoxy) is 1. The number of phenolic OH excluding ortho intramolecular Hbond substituents is 1. The molecule has 0 spiro atoms. The highest BCUT2D eigenvalue weighted by Gasteiger charge is 2.10. The summed E-state index contributed by atoms with van der Waals surface area (Å²) in [6.45, 7) is 2.35. The number of nitrogens with one attached hydrogen (secondary N) is 1. The molecule has 0 fully saturated rings. The van der Waals surface area contributed by atoms with Crippen molar-refractivity contribution in [1.82, 2.24) is 5.32 Å². The molecule has 0 heterocycles. The Hall–Kier alpha value is -2.56. The zero-order valence-electron chi connectivity index (χ0n) is 15.2. The van der Waals surface area contributed by atoms with Gasteiger partial charge in [-0.1, -0.05) is 37.3 Å². The summed E-state index contributed by atoms with van der Waals surface area (Å²) in [6, 6.07) is 7.02. The van der Waals surface area contributed by atoms with Crippen LogP contribution in [-0.4, -0.2) is 23.6 Å². The Kier molecular flexibility index (Phi) is 7.93. The number of hydrogen-bond donors (Lipinski definition) is 2. The summed E-state index contributed by atoms with van der Waals surface area (Å²) < 4.78 is 5.11. The maximum atomic E-state index is 11.9. The van der Waals surface area contributed by atoms with Crippen LogP contribution in [-0.2, 0) is 16.0 Å². The Labute approximate surface area is 154 Å². The largest absolute Gasteiger partial charge is 0.508 e. The van der Waals surface area contributed by atoms with E-state index in [2.05, 4.69) is 18.3 Å². The molecule has 1 unspecified atom stereocenters. The van der Waals surface area contributed by atoms with Gasteiger partial charge in [0.2, 0.25) is 0 Å². The number of para-hydroxylation sites is 1. The van der Waals surface area contributed by atoms with Gasteiger partial charge in [-0.25, -0.2) is 4.79 Å². The topological polar surface area (TPSA) is 75.6 Å². The highest BCUT2D eigenvalue weighted by atomic mass is 16.5. The van der Waals surface area contributed by atoms with Crippen LogP contribution in [0.1, 0.15) is 44.6 Å². The summed E-state index contributed by atoms with van der Waals surface area (Å²) in [6.07, 6.45) is 9.28. The minimum atomic E-state index is -0.488. The minimum absolute atomic E-state index is 0.0980. The van der Waals surface area contributed by atoms with E-state index < -0.39 is 6.09 Å². The van der Waals surface area contributed by atoms with Gasteiger partial charge in [-0.2, -0.15) is 0 Å². The molecule has 1 aliphatic carbocycles. The Morgan fingerprint density at radius 2 is 2.08 bits per heavy atom. The van der Waals surface area contributed by atoms with Crippen LogP contribution >= 0.6 is 0 Å². The van der Waals surface area contributed by atoms with Crippen molar-refractivity contribution in [3.05, 3.63) is 53.8 Å². The average molecular weight is 357 g/mol. The molecule has 1 aromatic carbocycles. The normalized spacial score (nSPS) is 16.0. The van der Waals surface area contributed by atoms with Crippen LogP contribution in [0.25, 0.3) is 0 Å². The zero-order valence-corrected chi connectivity index (χ0v) is 15.2. The number of amides is 1. The average Bonchev–Trinajstić information content (AvgIpc) is 2.65. The standard InChI is InChI=1S/C21H27NO4/c1-2-16-9-12-18(13-10-16)22-21(25)26-15-5-7-19(23)14-11-17-6-3-4-8-20(17)24/h3-4,6,8-9,12-13,16,24H,2,5,7,10-11,14-15H2,1H3,(H,22,25). The molecule has 0 bridgehead atoms. The molecule has 140 valence electrons. The van der Waals surface area contributed by atoms with Gasteiger partial charge in [-0.15, -0.1) is 0 Å². The molecule has 2 N–H and O–H groups in total. The van der Waals surface area contributed by atoms with Crippen molar-refractivity contribution >= 4 is 11.9 Å². The number of alkyl carbamates (subject to hydrolysis) is 1. The van der Waals surface area contributed by atoms with E-state index in [1.165, 1.54) is 0 Å². The van der Waals surface area contributed by atoms with E-state index in [0.29, 0.717) is 31.6 Å². The third-order valence-corrected chi connectivity index (χ3v) is 4.46. The van der Waals surface area contributed by atoms with Gasteiger partial charge in [-0.05, 0) is 49.3 Å². The van der Waals surface area contributed by atoms with Crippen molar-refractivity contribution in [2.45, 2.75) is 45.4 Å². The molecule has 2 rings (SSSR count). The van der Waals surface area contributed by atoms with Crippen LogP contribution in [0.2, 0.25) is 0 Å². The molecule has 1 amide bonds. The van der Waals surface area contributed by atoms with Crippen LogP contribution in [0.3, 0.4) is 0 Å². The lowest BCUT2D eigenvalue weighted by atomic mass is 9.97. The smallest absolute Gasteiger partial charge is 0.411 e. The molecule has 0 aliphatic heterocycles. The maximum absolute atomic E-state index is 11.9. The molecule has 26 heavy (non-hydrogen) atoms. The fourth-order valence-corrected chi connectivity index (χ4v) is 2.77. The first-order valence-electron chi connectivity index (χ1n) is 9.19. The van der Waals surface area contributed by atoms with Gasteiger partial charge < -0.3 is 9.84 Å². The Morgan fingerprint density at radius 3 is 2.77 bits per heavy atom. The number of benzene rings is 1. The van der Waals surface area contributed by atoms with Crippen LogP contribution in [0, 0.1) is 5.92 Å². The molecule has 0 saturated carbocycles. The van der Waals surface area contributed by atoms with Crippen LogP contribution < -0.4 is 5.32 Å². The van der Waals surface area contributed by atoms with Crippen LogP contribution in [0.4, 0.5) is 4.79 Å². The van der Waals surface area contributed by atoms with Crippen molar-refractivity contribution in [2.24, 2.45) is 5.92 Å². The molecule has 0 radical (unpaired) electrons. The number of carbonyl (C=O) groups excluding carboxylic acids is 2. The van der Waals surface area contributed by atoms with Crippen LogP contribution in [0.15, 0.2) is 48.2 Å². The minimum Gasteiger partial charge on any atom is -0.508 e. The summed E-state index contributed by atoms with van der Waals surface area (Å²) in [4.78, 5) is 23.6. The predicted octanol–water partition coefficient (Wildman–Crippen LogP) is 4.27. The fraction of sp³-hybridized carbons (Fsp3) is 0.429. The molecular weight excluding hydrogens is 330 g/mol. The number of hydrogen-bond acceptors (Lipinski definition) is 4. The maximum Gasteiger partial charge on any atom is 0.411 e. The second-order valence-electron chi connectivity index (χ2n) is 6.45. The quantitative estimate of drug-likeness (QED) is 0.647. The number of aromatic hydroxyl groups is 1. The van der Waals surface area contributed by atoms with Gasteiger partial charge >= 0.3 is 6.09 Å². The number of phenols is 1. The summed E-state index contributed by atoms with van der Waals surface area (Å²) in [7, 11) is 0. The van der Waals surface area contributed by atoms with Gasteiger partial charge in [0.05, 0.1) is 6.61 Å². The summed E-state index contributed by atoms with van der Waals surface area (Å²) in [5, 5.41) is 12.4. The lowest BCUT2D eigenvalue weighted by molar-refractivity contribution is -0.119. The van der Waals surface area contributed by atoms with Gasteiger partial charge in [0.15, 0.2) is 0 Å². The van der Waals surface area contributed by atoms with E-state index in [0.717, 1.165) is 24.1 Å². The van der Waals surface area contributed by atoms with Crippen molar-refractivity contribution in [3.63, 3.8) is 0 Å². The molecule has 0 saturated heterocycles. The number of Topliss-reactive ketones (excluding diaryl/α,β-unsaturated/α-hetero) is 1. The van der Waals surface area contributed by atoms with Gasteiger partial charge in [0.1, 0.15) is 11.5 Å². The van der Waals surface area contributed by atoms with Crippen LogP contribution in [0.5, 0.6) is 5.75 Å². The van der Waals surface area contributed by atoms with Gasteiger partial charge in [0, 0.05) is 18.5 Å². The Bertz CT molecular complexity index is 678.